The molecule has 1 aromatic carbocycles. The van der Waals surface area contributed by atoms with E-state index in [9.17, 15) is 0 Å². The molecule has 1 aliphatic rings. The molecule has 2 heteroatoms. The van der Waals surface area contributed by atoms with Crippen LogP contribution in [0.5, 0.6) is 0 Å². The summed E-state index contributed by atoms with van der Waals surface area (Å²) in [6.07, 6.45) is 5.09. The third-order valence-electron chi connectivity index (χ3n) is 2.89. The van der Waals surface area contributed by atoms with E-state index in [-0.39, 0.29) is 0 Å². The maximum atomic E-state index is 5.54. The van der Waals surface area contributed by atoms with E-state index in [0.29, 0.717) is 0 Å². The number of nitrogens with one attached hydrogen (secondary N) is 1. The van der Waals surface area contributed by atoms with Gasteiger partial charge in [0.1, 0.15) is 5.58 Å². The van der Waals surface area contributed by atoms with Gasteiger partial charge in [0.15, 0.2) is 0 Å². The zero-order chi connectivity index (χ0) is 10.1. The molecule has 0 amide bonds. The van der Waals surface area contributed by atoms with Crippen molar-refractivity contribution >= 4 is 16.5 Å². The fourth-order valence-corrected chi connectivity index (χ4v) is 2.11. The van der Waals surface area contributed by atoms with E-state index in [4.69, 9.17) is 4.42 Å². The molecule has 1 N–H and O–H groups in total. The number of fused-ring (bicyclic) bond motifs is 1. The fourth-order valence-electron chi connectivity index (χ4n) is 2.11. The monoisotopic (exact) mass is 199 g/mol. The lowest BCUT2D eigenvalue weighted by Gasteiger charge is -2.14. The largest absolute Gasteiger partial charge is 0.464 e. The molecule has 1 aliphatic heterocycles. The van der Waals surface area contributed by atoms with Crippen molar-refractivity contribution in [3.63, 3.8) is 0 Å². The average Bonchev–Trinajstić information content (AvgIpc) is 2.78. The molecule has 0 aliphatic carbocycles. The molecule has 0 bridgehead atoms. The van der Waals surface area contributed by atoms with E-state index in [1.807, 2.05) is 6.07 Å². The van der Waals surface area contributed by atoms with Gasteiger partial charge in [0, 0.05) is 17.5 Å². The first-order valence-electron chi connectivity index (χ1n) is 5.31. The molecule has 0 unspecified atom stereocenters. The second kappa shape index (κ2) is 3.55. The van der Waals surface area contributed by atoms with Gasteiger partial charge in [-0.25, -0.2) is 0 Å². The van der Waals surface area contributed by atoms with E-state index in [1.165, 1.54) is 16.5 Å². The molecular weight excluding hydrogens is 186 g/mol. The zero-order valence-corrected chi connectivity index (χ0v) is 8.49. The van der Waals surface area contributed by atoms with Gasteiger partial charge >= 0.3 is 0 Å². The number of furan rings is 1. The highest BCUT2D eigenvalue weighted by atomic mass is 16.3. The first kappa shape index (κ1) is 8.74. The Kier molecular flexibility index (Phi) is 2.07. The van der Waals surface area contributed by atoms with Crippen LogP contribution in [-0.4, -0.2) is 13.1 Å². The van der Waals surface area contributed by atoms with Crippen molar-refractivity contribution in [2.24, 2.45) is 0 Å². The van der Waals surface area contributed by atoms with E-state index < -0.39 is 0 Å². The van der Waals surface area contributed by atoms with E-state index in [1.54, 1.807) is 6.26 Å². The molecule has 2 nitrogen and oxygen atoms in total. The Morgan fingerprint density at radius 2 is 2.20 bits per heavy atom. The Morgan fingerprint density at radius 1 is 1.20 bits per heavy atom. The normalized spacial score (nSPS) is 16.7. The van der Waals surface area contributed by atoms with Gasteiger partial charge in [-0.1, -0.05) is 24.3 Å². The molecule has 2 heterocycles. The van der Waals surface area contributed by atoms with Crippen LogP contribution < -0.4 is 5.32 Å². The maximum absolute atomic E-state index is 5.54. The number of rotatable bonds is 1. The highest BCUT2D eigenvalue weighted by Gasteiger charge is 2.10. The smallest absolute Gasteiger partial charge is 0.141 e. The van der Waals surface area contributed by atoms with Gasteiger partial charge in [0.2, 0.25) is 0 Å². The van der Waals surface area contributed by atoms with Gasteiger partial charge < -0.3 is 9.73 Å². The first-order valence-corrected chi connectivity index (χ1v) is 5.31. The molecule has 3 rings (SSSR count). The lowest BCUT2D eigenvalue weighted by Crippen LogP contribution is -2.20. The predicted octanol–water partition coefficient (Wildman–Crippen LogP) is 2.81. The van der Waals surface area contributed by atoms with Crippen molar-refractivity contribution in [1.82, 2.24) is 5.32 Å². The molecule has 1 aromatic heterocycles. The molecule has 0 spiro atoms. The van der Waals surface area contributed by atoms with Gasteiger partial charge in [-0.3, -0.25) is 0 Å². The van der Waals surface area contributed by atoms with Crippen LogP contribution in [0.25, 0.3) is 16.5 Å². The van der Waals surface area contributed by atoms with Crippen molar-refractivity contribution in [1.29, 1.82) is 0 Å². The van der Waals surface area contributed by atoms with Gasteiger partial charge in [0.25, 0.3) is 0 Å². The van der Waals surface area contributed by atoms with Crippen LogP contribution in [-0.2, 0) is 0 Å². The topological polar surface area (TPSA) is 25.2 Å². The fraction of sp³-hybridized carbons (Fsp3) is 0.231. The summed E-state index contributed by atoms with van der Waals surface area (Å²) in [6.45, 7) is 2.02. The minimum Gasteiger partial charge on any atom is -0.464 e. The zero-order valence-electron chi connectivity index (χ0n) is 8.49. The Labute approximate surface area is 88.6 Å². The molecule has 0 fully saturated rings. The summed E-state index contributed by atoms with van der Waals surface area (Å²) >= 11 is 0. The molecule has 0 saturated heterocycles. The highest BCUT2D eigenvalue weighted by molar-refractivity contribution is 5.89. The Morgan fingerprint density at radius 3 is 3.07 bits per heavy atom. The third kappa shape index (κ3) is 1.47. The summed E-state index contributed by atoms with van der Waals surface area (Å²) in [6, 6.07) is 8.34. The minimum absolute atomic E-state index is 0.965. The highest BCUT2D eigenvalue weighted by Crippen LogP contribution is 2.28. The first-order chi connectivity index (χ1) is 7.45. The van der Waals surface area contributed by atoms with Crippen LogP contribution in [0.1, 0.15) is 12.0 Å². The molecule has 0 atom stereocenters. The molecular formula is C13H13NO. The molecule has 0 radical (unpaired) electrons. The second-order valence-corrected chi connectivity index (χ2v) is 3.83. The lowest BCUT2D eigenvalue weighted by atomic mass is 9.99. The van der Waals surface area contributed by atoms with Crippen molar-refractivity contribution < 1.29 is 4.42 Å². The van der Waals surface area contributed by atoms with Gasteiger partial charge in [0.05, 0.1) is 6.26 Å². The van der Waals surface area contributed by atoms with Crippen LogP contribution >= 0.6 is 0 Å². The Balaban J connectivity index is 2.17. The summed E-state index contributed by atoms with van der Waals surface area (Å²) in [4.78, 5) is 0. The number of hydrogen-bond acceptors (Lipinski definition) is 2. The van der Waals surface area contributed by atoms with E-state index in [2.05, 4.69) is 29.6 Å². The predicted molar refractivity (Wildman–Crippen MR) is 61.7 cm³/mol. The van der Waals surface area contributed by atoms with E-state index >= 15 is 0 Å². The molecule has 15 heavy (non-hydrogen) atoms. The van der Waals surface area contributed by atoms with Gasteiger partial charge in [-0.2, -0.15) is 0 Å². The minimum atomic E-state index is 0.965. The molecule has 2 aromatic rings. The number of para-hydroxylation sites is 1. The van der Waals surface area contributed by atoms with Crippen LogP contribution in [0.4, 0.5) is 0 Å². The lowest BCUT2D eigenvalue weighted by molar-refractivity contribution is 0.614. The number of benzene rings is 1. The Hall–Kier alpha value is -1.54. The van der Waals surface area contributed by atoms with Crippen molar-refractivity contribution in [3.8, 4) is 0 Å². The third-order valence-corrected chi connectivity index (χ3v) is 2.89. The average molecular weight is 199 g/mol. The van der Waals surface area contributed by atoms with Crippen molar-refractivity contribution in [2.45, 2.75) is 6.42 Å². The van der Waals surface area contributed by atoms with Gasteiger partial charge in [-0.05, 0) is 24.6 Å². The van der Waals surface area contributed by atoms with Crippen LogP contribution in [0.15, 0.2) is 41.0 Å². The summed E-state index contributed by atoms with van der Waals surface area (Å²) < 4.78 is 5.54. The van der Waals surface area contributed by atoms with Crippen molar-refractivity contribution in [3.05, 3.63) is 42.2 Å². The van der Waals surface area contributed by atoms with Crippen LogP contribution in [0.3, 0.4) is 0 Å². The van der Waals surface area contributed by atoms with Crippen LogP contribution in [0, 0.1) is 0 Å². The Bertz CT molecular complexity index is 510. The second-order valence-electron chi connectivity index (χ2n) is 3.83. The standard InChI is InChI=1S/C13H13NO/c1-2-11-6-9-15-13(11)12(3-1)10-4-7-14-8-5-10/h1-4,6,9,14H,5,7-8H2. The quantitative estimate of drug-likeness (QED) is 0.764. The number of hydrogen-bond donors (Lipinski definition) is 1. The van der Waals surface area contributed by atoms with Gasteiger partial charge in [-0.15, -0.1) is 0 Å². The van der Waals surface area contributed by atoms with Crippen LogP contribution in [0.2, 0.25) is 0 Å². The summed E-state index contributed by atoms with van der Waals surface area (Å²) in [5, 5.41) is 4.51. The maximum Gasteiger partial charge on any atom is 0.141 e. The molecule has 76 valence electrons. The SMILES string of the molecule is C1=C(c2cccc3ccoc23)CCNC1. The van der Waals surface area contributed by atoms with E-state index in [0.717, 1.165) is 25.1 Å². The summed E-state index contributed by atoms with van der Waals surface area (Å²) in [5.74, 6) is 0. The summed E-state index contributed by atoms with van der Waals surface area (Å²) in [5.41, 5.74) is 3.67. The summed E-state index contributed by atoms with van der Waals surface area (Å²) in [7, 11) is 0. The van der Waals surface area contributed by atoms with Crippen molar-refractivity contribution in [2.75, 3.05) is 13.1 Å². The molecule has 0 saturated carbocycles.